The van der Waals surface area contributed by atoms with Gasteiger partial charge in [-0.05, 0) is 25.2 Å². The first-order valence-corrected chi connectivity index (χ1v) is 7.83. The van der Waals surface area contributed by atoms with Gasteiger partial charge in [-0.25, -0.2) is 15.0 Å². The lowest BCUT2D eigenvalue weighted by Crippen LogP contribution is -2.08. The number of nitrogens with zero attached hydrogens (tertiary/aromatic N) is 4. The van der Waals surface area contributed by atoms with Crippen molar-refractivity contribution in [3.63, 3.8) is 0 Å². The maximum atomic E-state index is 4.51. The Morgan fingerprint density at radius 2 is 1.95 bits per heavy atom. The van der Waals surface area contributed by atoms with Gasteiger partial charge in [-0.15, -0.1) is 0 Å². The smallest absolute Gasteiger partial charge is 0.165 e. The molecule has 0 saturated heterocycles. The Morgan fingerprint density at radius 3 is 2.75 bits per heavy atom. The van der Waals surface area contributed by atoms with Crippen LogP contribution in [0.3, 0.4) is 0 Å². The van der Waals surface area contributed by atoms with Gasteiger partial charge in [0, 0.05) is 12.6 Å². The molecule has 2 heterocycles. The molecule has 1 N–H and O–H groups in total. The first-order valence-electron chi connectivity index (χ1n) is 7.83. The first kappa shape index (κ1) is 12.1. The molecule has 20 heavy (non-hydrogen) atoms. The molecule has 2 aromatic heterocycles. The minimum Gasteiger partial charge on any atom is -0.368 e. The van der Waals surface area contributed by atoms with Gasteiger partial charge < -0.3 is 9.88 Å². The lowest BCUT2D eigenvalue weighted by atomic mass is 10.0. The predicted molar refractivity (Wildman–Crippen MR) is 78.7 cm³/mol. The standard InChI is InChI=1S/C15H21N5/c1-2-4-11(3-1)7-8-16-14-13-15(18-9-17-14)20(10-19-13)12-5-6-12/h9-12H,1-8H2,(H,16,17,18). The highest BCUT2D eigenvalue weighted by Crippen LogP contribution is 2.37. The van der Waals surface area contributed by atoms with Gasteiger partial charge in [0.25, 0.3) is 0 Å². The topological polar surface area (TPSA) is 55.6 Å². The van der Waals surface area contributed by atoms with Crippen LogP contribution in [0, 0.1) is 5.92 Å². The van der Waals surface area contributed by atoms with E-state index in [1.165, 1.54) is 44.9 Å². The second-order valence-electron chi connectivity index (χ2n) is 6.14. The van der Waals surface area contributed by atoms with Crippen molar-refractivity contribution in [2.75, 3.05) is 11.9 Å². The fraction of sp³-hybridized carbons (Fsp3) is 0.667. The van der Waals surface area contributed by atoms with Crippen molar-refractivity contribution < 1.29 is 0 Å². The number of nitrogens with one attached hydrogen (secondary N) is 1. The molecule has 0 bridgehead atoms. The summed E-state index contributed by atoms with van der Waals surface area (Å²) in [6.45, 7) is 0.993. The number of aromatic nitrogens is 4. The number of hydrogen-bond donors (Lipinski definition) is 1. The third-order valence-electron chi connectivity index (χ3n) is 4.62. The fourth-order valence-electron chi connectivity index (χ4n) is 3.29. The summed E-state index contributed by atoms with van der Waals surface area (Å²) in [4.78, 5) is 13.3. The minimum atomic E-state index is 0.612. The zero-order valence-electron chi connectivity index (χ0n) is 11.8. The van der Waals surface area contributed by atoms with Crippen molar-refractivity contribution in [3.8, 4) is 0 Å². The lowest BCUT2D eigenvalue weighted by Gasteiger charge is -2.10. The van der Waals surface area contributed by atoms with Crippen LogP contribution in [0.4, 0.5) is 5.82 Å². The van der Waals surface area contributed by atoms with Gasteiger partial charge in [0.15, 0.2) is 11.5 Å². The van der Waals surface area contributed by atoms with Crippen molar-refractivity contribution >= 4 is 17.0 Å². The van der Waals surface area contributed by atoms with Crippen LogP contribution in [0.2, 0.25) is 0 Å². The Balaban J connectivity index is 1.48. The zero-order chi connectivity index (χ0) is 13.4. The van der Waals surface area contributed by atoms with E-state index in [1.54, 1.807) is 6.33 Å². The molecule has 0 radical (unpaired) electrons. The summed E-state index contributed by atoms with van der Waals surface area (Å²) in [5.74, 6) is 1.80. The minimum absolute atomic E-state index is 0.612. The van der Waals surface area contributed by atoms with Gasteiger partial charge in [-0.1, -0.05) is 25.7 Å². The molecule has 0 aromatic carbocycles. The van der Waals surface area contributed by atoms with Crippen LogP contribution in [0.1, 0.15) is 51.0 Å². The number of rotatable bonds is 5. The third-order valence-corrected chi connectivity index (χ3v) is 4.62. The maximum absolute atomic E-state index is 4.51. The summed E-state index contributed by atoms with van der Waals surface area (Å²) in [5.41, 5.74) is 1.90. The Kier molecular flexibility index (Phi) is 3.05. The average Bonchev–Trinajstić information content (AvgIpc) is 3.01. The number of anilines is 1. The lowest BCUT2D eigenvalue weighted by molar-refractivity contribution is 0.518. The van der Waals surface area contributed by atoms with E-state index in [-0.39, 0.29) is 0 Å². The summed E-state index contributed by atoms with van der Waals surface area (Å²) in [6.07, 6.45) is 12.9. The molecule has 0 aliphatic heterocycles. The van der Waals surface area contributed by atoms with Gasteiger partial charge in [-0.2, -0.15) is 0 Å². The molecule has 106 valence electrons. The van der Waals surface area contributed by atoms with Gasteiger partial charge >= 0.3 is 0 Å². The third kappa shape index (κ3) is 2.25. The molecular formula is C15H21N5. The van der Waals surface area contributed by atoms with E-state index in [2.05, 4.69) is 24.8 Å². The molecule has 5 nitrogen and oxygen atoms in total. The summed E-state index contributed by atoms with van der Waals surface area (Å²) < 4.78 is 2.19. The van der Waals surface area contributed by atoms with E-state index < -0.39 is 0 Å². The highest BCUT2D eigenvalue weighted by Gasteiger charge is 2.26. The molecule has 0 unspecified atom stereocenters. The molecule has 4 rings (SSSR count). The van der Waals surface area contributed by atoms with Crippen LogP contribution in [-0.4, -0.2) is 26.1 Å². The van der Waals surface area contributed by atoms with Gasteiger partial charge in [0.05, 0.1) is 6.33 Å². The highest BCUT2D eigenvalue weighted by molar-refractivity contribution is 5.82. The van der Waals surface area contributed by atoms with Crippen LogP contribution in [0.5, 0.6) is 0 Å². The molecule has 0 atom stereocenters. The highest BCUT2D eigenvalue weighted by atomic mass is 15.2. The number of hydrogen-bond acceptors (Lipinski definition) is 4. The molecule has 0 spiro atoms. The Morgan fingerprint density at radius 1 is 1.10 bits per heavy atom. The molecule has 2 saturated carbocycles. The van der Waals surface area contributed by atoms with Crippen LogP contribution >= 0.6 is 0 Å². The summed E-state index contributed by atoms with van der Waals surface area (Å²) in [5, 5.41) is 3.46. The van der Waals surface area contributed by atoms with Crippen LogP contribution in [-0.2, 0) is 0 Å². The van der Waals surface area contributed by atoms with E-state index in [1.807, 2.05) is 6.33 Å². The van der Waals surface area contributed by atoms with Crippen molar-refractivity contribution in [1.82, 2.24) is 19.5 Å². The Bertz CT molecular complexity index is 595. The Hall–Kier alpha value is -1.65. The predicted octanol–water partition coefficient (Wildman–Crippen LogP) is 3.15. The molecule has 0 amide bonds. The van der Waals surface area contributed by atoms with Gasteiger partial charge in [-0.3, -0.25) is 0 Å². The summed E-state index contributed by atoms with van der Waals surface area (Å²) >= 11 is 0. The zero-order valence-corrected chi connectivity index (χ0v) is 11.8. The van der Waals surface area contributed by atoms with E-state index in [0.717, 1.165) is 29.4 Å². The van der Waals surface area contributed by atoms with Gasteiger partial charge in [0.1, 0.15) is 11.8 Å². The summed E-state index contributed by atoms with van der Waals surface area (Å²) in [7, 11) is 0. The summed E-state index contributed by atoms with van der Waals surface area (Å²) in [6, 6.07) is 0.612. The molecule has 2 aromatic rings. The SMILES string of the molecule is c1nc(NCCC2CCCC2)c2ncn(C3CC3)c2n1. The number of imidazole rings is 1. The van der Waals surface area contributed by atoms with E-state index >= 15 is 0 Å². The van der Waals surface area contributed by atoms with E-state index in [4.69, 9.17) is 0 Å². The average molecular weight is 271 g/mol. The molecule has 2 aliphatic rings. The largest absolute Gasteiger partial charge is 0.368 e. The Labute approximate surface area is 118 Å². The van der Waals surface area contributed by atoms with Gasteiger partial charge in [0.2, 0.25) is 0 Å². The van der Waals surface area contributed by atoms with Crippen molar-refractivity contribution in [2.24, 2.45) is 5.92 Å². The fourth-order valence-corrected chi connectivity index (χ4v) is 3.29. The quantitative estimate of drug-likeness (QED) is 0.907. The molecule has 5 heteroatoms. The van der Waals surface area contributed by atoms with Crippen LogP contribution in [0.25, 0.3) is 11.2 Å². The second-order valence-corrected chi connectivity index (χ2v) is 6.14. The van der Waals surface area contributed by atoms with Crippen molar-refractivity contribution in [3.05, 3.63) is 12.7 Å². The molecule has 2 aliphatic carbocycles. The maximum Gasteiger partial charge on any atom is 0.165 e. The monoisotopic (exact) mass is 271 g/mol. The normalized spacial score (nSPS) is 19.8. The molecular weight excluding hydrogens is 250 g/mol. The van der Waals surface area contributed by atoms with E-state index in [0.29, 0.717) is 6.04 Å². The van der Waals surface area contributed by atoms with E-state index in [9.17, 15) is 0 Å². The van der Waals surface area contributed by atoms with Crippen molar-refractivity contribution in [2.45, 2.75) is 51.0 Å². The van der Waals surface area contributed by atoms with Crippen LogP contribution < -0.4 is 5.32 Å². The molecule has 2 fully saturated rings. The van der Waals surface area contributed by atoms with Crippen molar-refractivity contribution in [1.29, 1.82) is 0 Å². The second kappa shape index (κ2) is 5.04. The number of fused-ring (bicyclic) bond motifs is 1. The van der Waals surface area contributed by atoms with Crippen LogP contribution in [0.15, 0.2) is 12.7 Å². The first-order chi connectivity index (χ1) is 9.92.